The van der Waals surface area contributed by atoms with Gasteiger partial charge in [-0.3, -0.25) is 9.69 Å². The van der Waals surface area contributed by atoms with Crippen LogP contribution in [0.3, 0.4) is 0 Å². The average molecular weight is 534 g/mol. The van der Waals surface area contributed by atoms with Gasteiger partial charge in [-0.25, -0.2) is 9.89 Å². The van der Waals surface area contributed by atoms with Crippen molar-refractivity contribution in [1.82, 2.24) is 30.6 Å². The molecule has 0 spiro atoms. The van der Waals surface area contributed by atoms with E-state index in [9.17, 15) is 9.59 Å². The van der Waals surface area contributed by atoms with Crippen LogP contribution in [0.15, 0.2) is 42.5 Å². The lowest BCUT2D eigenvalue weighted by Gasteiger charge is -2.40. The minimum atomic E-state index is -0.324. The molecule has 1 aromatic heterocycles. The fraction of sp³-hybridized carbons (Fsp3) is 0.444. The number of nitrogens with one attached hydrogen (secondary N) is 1. The number of tetrazole rings is 1. The maximum Gasteiger partial charge on any atom is 0.414 e. The van der Waals surface area contributed by atoms with Gasteiger partial charge in [-0.15, -0.1) is 10.2 Å². The Morgan fingerprint density at radius 1 is 1.05 bits per heavy atom. The number of H-pyrrole nitrogens is 1. The van der Waals surface area contributed by atoms with Gasteiger partial charge in [0.1, 0.15) is 12.4 Å². The van der Waals surface area contributed by atoms with Crippen molar-refractivity contribution < 1.29 is 23.9 Å². The lowest BCUT2D eigenvalue weighted by molar-refractivity contribution is -0.0761. The van der Waals surface area contributed by atoms with Gasteiger partial charge in [-0.1, -0.05) is 18.2 Å². The summed E-state index contributed by atoms with van der Waals surface area (Å²) in [5.74, 6) is 2.08. The molecule has 12 heteroatoms. The van der Waals surface area contributed by atoms with Gasteiger partial charge in [0.15, 0.2) is 11.6 Å². The highest BCUT2D eigenvalue weighted by Crippen LogP contribution is 2.33. The van der Waals surface area contributed by atoms with Crippen LogP contribution in [0, 0.1) is 0 Å². The third-order valence-corrected chi connectivity index (χ3v) is 7.76. The maximum absolute atomic E-state index is 13.4. The van der Waals surface area contributed by atoms with Crippen LogP contribution in [-0.4, -0.2) is 81.9 Å². The highest BCUT2D eigenvalue weighted by molar-refractivity contribution is 5.97. The molecule has 0 radical (unpaired) electrons. The molecule has 2 saturated heterocycles. The monoisotopic (exact) mass is 533 g/mol. The first-order valence-electron chi connectivity index (χ1n) is 13.3. The molecule has 2 fully saturated rings. The lowest BCUT2D eigenvalue weighted by Crippen LogP contribution is -2.50. The fourth-order valence-electron chi connectivity index (χ4n) is 5.63. The normalized spacial score (nSPS) is 18.9. The molecule has 1 N–H and O–H groups in total. The molecule has 2 amide bonds. The van der Waals surface area contributed by atoms with Gasteiger partial charge in [0, 0.05) is 49.8 Å². The molecule has 0 bridgehead atoms. The Morgan fingerprint density at radius 2 is 1.85 bits per heavy atom. The molecule has 0 unspecified atom stereocenters. The number of nitrogens with zero attached hydrogens (tertiary/aromatic N) is 6. The number of piperidine rings is 2. The Kier molecular flexibility index (Phi) is 7.01. The van der Waals surface area contributed by atoms with Crippen molar-refractivity contribution in [1.29, 1.82) is 0 Å². The highest BCUT2D eigenvalue weighted by atomic mass is 16.7. The Hall–Kier alpha value is -4.19. The van der Waals surface area contributed by atoms with Crippen LogP contribution in [0.5, 0.6) is 11.5 Å². The topological polar surface area (TPSA) is 126 Å². The predicted octanol–water partition coefficient (Wildman–Crippen LogP) is 3.14. The third kappa shape index (κ3) is 5.11. The number of aromatic nitrogens is 4. The van der Waals surface area contributed by atoms with Gasteiger partial charge in [0.2, 0.25) is 0 Å². The van der Waals surface area contributed by atoms with Crippen LogP contribution in [0.4, 0.5) is 10.5 Å². The first-order chi connectivity index (χ1) is 19.1. The molecule has 4 heterocycles. The number of hydroxylamine groups is 2. The van der Waals surface area contributed by atoms with Crippen molar-refractivity contribution in [3.8, 4) is 11.5 Å². The predicted molar refractivity (Wildman–Crippen MR) is 139 cm³/mol. The lowest BCUT2D eigenvalue weighted by atomic mass is 9.97. The Morgan fingerprint density at radius 3 is 2.59 bits per heavy atom. The van der Waals surface area contributed by atoms with E-state index in [4.69, 9.17) is 14.3 Å². The summed E-state index contributed by atoms with van der Waals surface area (Å²) in [4.78, 5) is 35.7. The standard InChI is InChI=1S/C27H31N7O5/c1-37-24-16-21(39-33-14-8-18(9-15-33)25-28-30-31-29-25)6-7-22(24)26(35)32-12-10-20(11-13-32)34-23-5-3-2-4-19(23)17-38-27(34)36/h2-7,16,18,20H,8-15,17H2,1H3,(H,28,29,30,31). The van der Waals surface area contributed by atoms with E-state index in [1.807, 2.05) is 34.2 Å². The number of amides is 2. The molecule has 6 rings (SSSR count). The number of anilines is 1. The van der Waals surface area contributed by atoms with Gasteiger partial charge in [-0.05, 0) is 54.3 Å². The summed E-state index contributed by atoms with van der Waals surface area (Å²) >= 11 is 0. The second-order valence-electron chi connectivity index (χ2n) is 10.0. The Labute approximate surface area is 225 Å². The summed E-state index contributed by atoms with van der Waals surface area (Å²) in [5, 5.41) is 16.1. The molecule has 3 aliphatic heterocycles. The number of likely N-dealkylation sites (tertiary alicyclic amines) is 1. The molecule has 0 atom stereocenters. The Balaban J connectivity index is 1.07. The average Bonchev–Trinajstić information content (AvgIpc) is 3.52. The molecular weight excluding hydrogens is 502 g/mol. The van der Waals surface area contributed by atoms with Crippen LogP contribution < -0.4 is 14.5 Å². The number of cyclic esters (lactones) is 1. The van der Waals surface area contributed by atoms with Gasteiger partial charge < -0.3 is 19.2 Å². The third-order valence-electron chi connectivity index (χ3n) is 7.76. The van der Waals surface area contributed by atoms with Crippen LogP contribution in [0.2, 0.25) is 0 Å². The quantitative estimate of drug-likeness (QED) is 0.508. The number of para-hydroxylation sites is 1. The summed E-state index contributed by atoms with van der Waals surface area (Å²) in [7, 11) is 1.55. The largest absolute Gasteiger partial charge is 0.496 e. The number of ether oxygens (including phenoxy) is 2. The van der Waals surface area contributed by atoms with E-state index in [0.29, 0.717) is 49.6 Å². The van der Waals surface area contributed by atoms with Gasteiger partial charge in [0.05, 0.1) is 18.4 Å². The van der Waals surface area contributed by atoms with E-state index in [0.717, 1.165) is 43.0 Å². The zero-order valence-electron chi connectivity index (χ0n) is 21.8. The smallest absolute Gasteiger partial charge is 0.414 e. The molecule has 12 nitrogen and oxygen atoms in total. The number of methoxy groups -OCH3 is 1. The first-order valence-corrected chi connectivity index (χ1v) is 13.3. The van der Waals surface area contributed by atoms with Crippen molar-refractivity contribution in [2.75, 3.05) is 38.2 Å². The van der Waals surface area contributed by atoms with E-state index in [-0.39, 0.29) is 24.0 Å². The fourth-order valence-corrected chi connectivity index (χ4v) is 5.63. The highest BCUT2D eigenvalue weighted by Gasteiger charge is 2.35. The Bertz CT molecular complexity index is 1320. The summed E-state index contributed by atoms with van der Waals surface area (Å²) in [6.45, 7) is 2.83. The van der Waals surface area contributed by atoms with Crippen molar-refractivity contribution in [3.63, 3.8) is 0 Å². The zero-order valence-corrected chi connectivity index (χ0v) is 21.8. The van der Waals surface area contributed by atoms with Crippen molar-refractivity contribution in [3.05, 3.63) is 59.4 Å². The van der Waals surface area contributed by atoms with Crippen LogP contribution >= 0.6 is 0 Å². The number of carbonyl (C=O) groups excluding carboxylic acids is 2. The number of aromatic amines is 1. The molecule has 3 aliphatic rings. The van der Waals surface area contributed by atoms with Gasteiger partial charge in [0.25, 0.3) is 5.91 Å². The van der Waals surface area contributed by atoms with Crippen LogP contribution in [0.25, 0.3) is 0 Å². The molecule has 0 saturated carbocycles. The van der Waals surface area contributed by atoms with Gasteiger partial charge in [-0.2, -0.15) is 0 Å². The summed E-state index contributed by atoms with van der Waals surface area (Å²) < 4.78 is 11.0. The van der Waals surface area contributed by atoms with Crippen molar-refractivity contribution in [2.24, 2.45) is 0 Å². The molecule has 3 aromatic rings. The second kappa shape index (κ2) is 10.9. The van der Waals surface area contributed by atoms with Crippen molar-refractivity contribution >= 4 is 17.7 Å². The van der Waals surface area contributed by atoms with Crippen LogP contribution in [-0.2, 0) is 11.3 Å². The molecule has 39 heavy (non-hydrogen) atoms. The number of hydrogen-bond donors (Lipinski definition) is 1. The SMILES string of the molecule is COc1cc(ON2CCC(c3nnn[nH]3)CC2)ccc1C(=O)N1CCC(N2C(=O)OCc3ccccc32)CC1. The molecule has 2 aromatic carbocycles. The molecule has 204 valence electrons. The summed E-state index contributed by atoms with van der Waals surface area (Å²) in [6, 6.07) is 13.1. The second-order valence-corrected chi connectivity index (χ2v) is 10.0. The first kappa shape index (κ1) is 25.1. The van der Waals surface area contributed by atoms with Crippen molar-refractivity contribution in [2.45, 2.75) is 44.2 Å². The van der Waals surface area contributed by atoms with E-state index in [2.05, 4.69) is 20.6 Å². The summed E-state index contributed by atoms with van der Waals surface area (Å²) in [5.41, 5.74) is 2.39. The molecule has 0 aliphatic carbocycles. The summed E-state index contributed by atoms with van der Waals surface area (Å²) in [6.07, 6.45) is 2.76. The van der Waals surface area contributed by atoms with Crippen LogP contribution in [0.1, 0.15) is 53.3 Å². The van der Waals surface area contributed by atoms with E-state index >= 15 is 0 Å². The molecular formula is C27H31N7O5. The minimum Gasteiger partial charge on any atom is -0.496 e. The number of benzene rings is 2. The zero-order chi connectivity index (χ0) is 26.8. The van der Waals surface area contributed by atoms with E-state index in [1.54, 1.807) is 30.2 Å². The minimum absolute atomic E-state index is 0.0230. The number of hydrogen-bond acceptors (Lipinski definition) is 9. The number of carbonyl (C=O) groups is 2. The van der Waals surface area contributed by atoms with Gasteiger partial charge >= 0.3 is 6.09 Å². The van der Waals surface area contributed by atoms with E-state index < -0.39 is 0 Å². The number of fused-ring (bicyclic) bond motifs is 1. The number of rotatable bonds is 6. The van der Waals surface area contributed by atoms with E-state index in [1.165, 1.54) is 0 Å². The maximum atomic E-state index is 13.4.